The topological polar surface area (TPSA) is 0 Å². The van der Waals surface area contributed by atoms with Crippen LogP contribution in [0, 0.1) is 0 Å². The van der Waals surface area contributed by atoms with Gasteiger partial charge in [0.05, 0.1) is 33.2 Å². The van der Waals surface area contributed by atoms with Gasteiger partial charge in [0.1, 0.15) is 5.19 Å². The quantitative estimate of drug-likeness (QED) is 0.379. The van der Waals surface area contributed by atoms with Gasteiger partial charge in [-0.2, -0.15) is 0 Å². The Morgan fingerprint density at radius 2 is 0.880 bits per heavy atom. The largest absolute Gasteiger partial charge is 0.347 e. The average molecular weight is 425 g/mol. The van der Waals surface area contributed by atoms with E-state index in [1.807, 2.05) is 42.5 Å². The summed E-state index contributed by atoms with van der Waals surface area (Å²) in [4.78, 5) is 0. The van der Waals surface area contributed by atoms with Crippen molar-refractivity contribution in [1.29, 1.82) is 0 Å². The van der Waals surface area contributed by atoms with E-state index in [-0.39, 0.29) is 0 Å². The summed E-state index contributed by atoms with van der Waals surface area (Å²) in [6.07, 6.45) is 0. The van der Waals surface area contributed by atoms with Crippen molar-refractivity contribution in [3.8, 4) is 22.3 Å². The fourth-order valence-corrected chi connectivity index (χ4v) is 5.71. The van der Waals surface area contributed by atoms with Crippen LogP contribution in [0.5, 0.6) is 0 Å². The molecule has 0 amide bonds. The van der Waals surface area contributed by atoms with Crippen LogP contribution in [0.2, 0.25) is 33.2 Å². The lowest BCUT2D eigenvalue weighted by Gasteiger charge is -2.15. The molecule has 0 heterocycles. The standard InChI is InChI=1S/C20H15Cl4Si/c1-25(2)20-12(18-14(21)8-4-9-15(18)22)6-3-7-13(20)19-16(23)10-5-11-17(19)24/h3-11H,1-2H3/q+1. The van der Waals surface area contributed by atoms with Crippen LogP contribution in [-0.4, -0.2) is 8.80 Å². The Kier molecular flexibility index (Phi) is 5.82. The van der Waals surface area contributed by atoms with Gasteiger partial charge in [-0.25, -0.2) is 0 Å². The van der Waals surface area contributed by atoms with Gasteiger partial charge in [-0.3, -0.25) is 0 Å². The normalized spacial score (nSPS) is 10.8. The Labute approximate surface area is 169 Å². The minimum atomic E-state index is -0.866. The zero-order valence-corrected chi connectivity index (χ0v) is 17.7. The molecule has 0 radical (unpaired) electrons. The van der Waals surface area contributed by atoms with Crippen LogP contribution in [0.15, 0.2) is 54.6 Å². The van der Waals surface area contributed by atoms with Gasteiger partial charge in [0.15, 0.2) is 0 Å². The van der Waals surface area contributed by atoms with Crippen LogP contribution in [-0.2, 0) is 0 Å². The maximum absolute atomic E-state index is 6.48. The van der Waals surface area contributed by atoms with Crippen molar-refractivity contribution >= 4 is 60.4 Å². The molecule has 0 saturated carbocycles. The first-order valence-electron chi connectivity index (χ1n) is 7.74. The fraction of sp³-hybridized carbons (Fsp3) is 0.100. The van der Waals surface area contributed by atoms with Gasteiger partial charge in [-0.15, -0.1) is 0 Å². The van der Waals surface area contributed by atoms with E-state index in [4.69, 9.17) is 46.4 Å². The van der Waals surface area contributed by atoms with E-state index in [1.54, 1.807) is 0 Å². The molecule has 0 aliphatic heterocycles. The molecule has 0 unspecified atom stereocenters. The third-order valence-electron chi connectivity index (χ3n) is 4.03. The molecule has 0 spiro atoms. The molecule has 0 atom stereocenters. The molecule has 0 N–H and O–H groups in total. The van der Waals surface area contributed by atoms with Crippen molar-refractivity contribution in [2.75, 3.05) is 0 Å². The third-order valence-corrected chi connectivity index (χ3v) is 6.83. The fourth-order valence-electron chi connectivity index (χ4n) is 3.02. The van der Waals surface area contributed by atoms with E-state index < -0.39 is 8.80 Å². The smallest absolute Gasteiger partial charge is 0.0836 e. The Hall–Kier alpha value is -0.963. The van der Waals surface area contributed by atoms with E-state index in [1.165, 1.54) is 5.19 Å². The van der Waals surface area contributed by atoms with E-state index in [2.05, 4.69) is 25.2 Å². The zero-order chi connectivity index (χ0) is 18.1. The molecule has 3 rings (SSSR count). The lowest BCUT2D eigenvalue weighted by molar-refractivity contribution is 1.60. The first-order valence-corrected chi connectivity index (χ1v) is 11.7. The van der Waals surface area contributed by atoms with Crippen molar-refractivity contribution in [2.24, 2.45) is 0 Å². The van der Waals surface area contributed by atoms with Crippen LogP contribution in [0.4, 0.5) is 0 Å². The summed E-state index contributed by atoms with van der Waals surface area (Å²) < 4.78 is 0. The SMILES string of the molecule is C[Si+](C)c1c(-c2c(Cl)cccc2Cl)cccc1-c1c(Cl)cccc1Cl. The molecule has 0 aliphatic rings. The number of rotatable bonds is 3. The highest BCUT2D eigenvalue weighted by Gasteiger charge is 2.29. The van der Waals surface area contributed by atoms with Gasteiger partial charge >= 0.3 is 8.80 Å². The Bertz CT molecular complexity index is 825. The molecule has 3 aromatic rings. The van der Waals surface area contributed by atoms with Gasteiger partial charge in [-0.1, -0.05) is 76.7 Å². The minimum Gasteiger partial charge on any atom is -0.0836 e. The summed E-state index contributed by atoms with van der Waals surface area (Å²) in [5, 5.41) is 3.77. The summed E-state index contributed by atoms with van der Waals surface area (Å²) in [5.74, 6) is 0. The van der Waals surface area contributed by atoms with Crippen molar-refractivity contribution in [3.05, 3.63) is 74.7 Å². The summed E-state index contributed by atoms with van der Waals surface area (Å²) in [6, 6.07) is 17.3. The summed E-state index contributed by atoms with van der Waals surface area (Å²) in [7, 11) is -0.866. The van der Waals surface area contributed by atoms with E-state index in [0.717, 1.165) is 22.3 Å². The summed E-state index contributed by atoms with van der Waals surface area (Å²) in [6.45, 7) is 4.48. The highest BCUT2D eigenvalue weighted by Crippen LogP contribution is 2.38. The van der Waals surface area contributed by atoms with Gasteiger partial charge < -0.3 is 0 Å². The van der Waals surface area contributed by atoms with Crippen molar-refractivity contribution < 1.29 is 0 Å². The zero-order valence-electron chi connectivity index (χ0n) is 13.7. The molecule has 0 fully saturated rings. The highest BCUT2D eigenvalue weighted by atomic mass is 35.5. The Morgan fingerprint density at radius 1 is 0.560 bits per heavy atom. The minimum absolute atomic E-state index is 0.638. The second-order valence-electron chi connectivity index (χ2n) is 5.92. The van der Waals surface area contributed by atoms with E-state index >= 15 is 0 Å². The Morgan fingerprint density at radius 3 is 1.20 bits per heavy atom. The number of benzene rings is 3. The molecule has 5 heteroatoms. The molecule has 0 bridgehead atoms. The van der Waals surface area contributed by atoms with Gasteiger partial charge in [-0.05, 0) is 24.3 Å². The second kappa shape index (κ2) is 7.73. The molecule has 3 aromatic carbocycles. The first kappa shape index (κ1) is 18.8. The van der Waals surface area contributed by atoms with Gasteiger partial charge in [0.2, 0.25) is 0 Å². The maximum Gasteiger partial charge on any atom is 0.347 e. The van der Waals surface area contributed by atoms with Crippen LogP contribution in [0.3, 0.4) is 0 Å². The van der Waals surface area contributed by atoms with Crippen molar-refractivity contribution in [1.82, 2.24) is 0 Å². The predicted molar refractivity (Wildman–Crippen MR) is 114 cm³/mol. The Balaban J connectivity index is 2.38. The summed E-state index contributed by atoms with van der Waals surface area (Å²) in [5.41, 5.74) is 3.81. The van der Waals surface area contributed by atoms with Crippen molar-refractivity contribution in [2.45, 2.75) is 13.1 Å². The molecule has 0 aromatic heterocycles. The van der Waals surface area contributed by atoms with Crippen molar-refractivity contribution in [3.63, 3.8) is 0 Å². The van der Waals surface area contributed by atoms with Gasteiger partial charge in [0, 0.05) is 22.3 Å². The molecule has 25 heavy (non-hydrogen) atoms. The third kappa shape index (κ3) is 3.62. The van der Waals surface area contributed by atoms with E-state index in [0.29, 0.717) is 20.1 Å². The average Bonchev–Trinajstić information content (AvgIpc) is 2.54. The summed E-state index contributed by atoms with van der Waals surface area (Å²) >= 11 is 25.9. The van der Waals surface area contributed by atoms with E-state index in [9.17, 15) is 0 Å². The molecular formula is C20H15Cl4Si+. The first-order chi connectivity index (χ1) is 11.9. The van der Waals surface area contributed by atoms with Crippen LogP contribution in [0.1, 0.15) is 0 Å². The number of hydrogen-bond acceptors (Lipinski definition) is 0. The van der Waals surface area contributed by atoms with Crippen LogP contribution in [0.25, 0.3) is 22.3 Å². The lowest BCUT2D eigenvalue weighted by Crippen LogP contribution is -2.27. The van der Waals surface area contributed by atoms with Crippen LogP contribution >= 0.6 is 46.4 Å². The predicted octanol–water partition coefficient (Wildman–Crippen LogP) is 7.60. The molecule has 0 nitrogen and oxygen atoms in total. The monoisotopic (exact) mass is 423 g/mol. The maximum atomic E-state index is 6.48. The number of hydrogen-bond donors (Lipinski definition) is 0. The molecular weight excluding hydrogens is 410 g/mol. The highest BCUT2D eigenvalue weighted by molar-refractivity contribution is 6.74. The molecule has 126 valence electrons. The molecule has 0 aliphatic carbocycles. The van der Waals surface area contributed by atoms with Gasteiger partial charge in [0.25, 0.3) is 0 Å². The molecule has 0 saturated heterocycles. The number of halogens is 4. The second-order valence-corrected chi connectivity index (χ2v) is 10.1. The lowest BCUT2D eigenvalue weighted by atomic mass is 9.98. The van der Waals surface area contributed by atoms with Crippen LogP contribution < -0.4 is 5.19 Å².